The summed E-state index contributed by atoms with van der Waals surface area (Å²) >= 11 is 0. The molecule has 0 unspecified atom stereocenters. The quantitative estimate of drug-likeness (QED) is 0.887. The van der Waals surface area contributed by atoms with Gasteiger partial charge in [0.25, 0.3) is 0 Å². The molecule has 0 aliphatic heterocycles. The molecule has 100 valence electrons. The Kier molecular flexibility index (Phi) is 3.48. The second-order valence-corrected chi connectivity index (χ2v) is 4.92. The molecule has 0 radical (unpaired) electrons. The number of nitrogens with zero attached hydrogens (tertiary/aromatic N) is 1. The molecule has 1 aromatic heterocycles. The number of nitrogens with one attached hydrogen (secondary N) is 1. The van der Waals surface area contributed by atoms with E-state index >= 15 is 0 Å². The first-order valence-electron chi connectivity index (χ1n) is 5.92. The minimum atomic E-state index is -1.08. The first-order valence-corrected chi connectivity index (χ1v) is 5.92. The fourth-order valence-corrected chi connectivity index (χ4v) is 1.75. The first kappa shape index (κ1) is 13.4. The van der Waals surface area contributed by atoms with Crippen LogP contribution in [0.4, 0.5) is 4.39 Å². The Bertz CT molecular complexity index is 626. The fraction of sp³-hybridized carbons (Fsp3) is 0.286. The van der Waals surface area contributed by atoms with E-state index in [1.165, 1.54) is 12.1 Å². The maximum Gasteiger partial charge on any atom is 0.323 e. The van der Waals surface area contributed by atoms with Crippen molar-refractivity contribution in [1.29, 1.82) is 0 Å². The summed E-state index contributed by atoms with van der Waals surface area (Å²) in [5.41, 5.74) is 0.246. The Morgan fingerprint density at radius 1 is 1.47 bits per heavy atom. The molecule has 0 aliphatic carbocycles. The molecule has 4 nitrogen and oxygen atoms in total. The number of fused-ring (bicyclic) bond motifs is 1. The number of hydrogen-bond donors (Lipinski definition) is 2. The van der Waals surface area contributed by atoms with E-state index in [0.717, 1.165) is 0 Å². The molecule has 0 fully saturated rings. The number of benzene rings is 1. The van der Waals surface area contributed by atoms with Crippen molar-refractivity contribution in [2.24, 2.45) is 0 Å². The molecule has 2 aromatic rings. The molecule has 19 heavy (non-hydrogen) atoms. The average molecular weight is 262 g/mol. The number of pyridine rings is 1. The minimum Gasteiger partial charge on any atom is -0.480 e. The van der Waals surface area contributed by atoms with Gasteiger partial charge in [0, 0.05) is 18.1 Å². The Hall–Kier alpha value is -2.01. The van der Waals surface area contributed by atoms with Gasteiger partial charge in [0.15, 0.2) is 0 Å². The van der Waals surface area contributed by atoms with Crippen LogP contribution in [0.2, 0.25) is 0 Å². The van der Waals surface area contributed by atoms with Crippen molar-refractivity contribution in [3.8, 4) is 0 Å². The van der Waals surface area contributed by atoms with E-state index in [-0.39, 0.29) is 12.4 Å². The largest absolute Gasteiger partial charge is 0.480 e. The third-order valence-corrected chi connectivity index (χ3v) is 3.00. The zero-order chi connectivity index (χ0) is 14.0. The highest BCUT2D eigenvalue weighted by Crippen LogP contribution is 2.19. The maximum absolute atomic E-state index is 13.5. The second-order valence-electron chi connectivity index (χ2n) is 4.92. The van der Waals surface area contributed by atoms with Gasteiger partial charge in [0.05, 0.1) is 5.52 Å². The SMILES string of the molecule is CC(C)(NCc1cc(F)cc2cccnc12)C(=O)O. The predicted molar refractivity (Wildman–Crippen MR) is 70.3 cm³/mol. The molecule has 2 N–H and O–H groups in total. The van der Waals surface area contributed by atoms with Crippen LogP contribution in [0.25, 0.3) is 10.9 Å². The second kappa shape index (κ2) is 4.93. The van der Waals surface area contributed by atoms with Gasteiger partial charge in [0.2, 0.25) is 0 Å². The van der Waals surface area contributed by atoms with Gasteiger partial charge in [0.1, 0.15) is 11.4 Å². The van der Waals surface area contributed by atoms with Crippen LogP contribution in [0.15, 0.2) is 30.5 Å². The van der Waals surface area contributed by atoms with Gasteiger partial charge in [-0.15, -0.1) is 0 Å². The number of carbonyl (C=O) groups is 1. The summed E-state index contributed by atoms with van der Waals surface area (Å²) in [7, 11) is 0. The molecule has 2 rings (SSSR count). The fourth-order valence-electron chi connectivity index (χ4n) is 1.75. The normalized spacial score (nSPS) is 11.7. The molecular weight excluding hydrogens is 247 g/mol. The highest BCUT2D eigenvalue weighted by molar-refractivity contribution is 5.82. The van der Waals surface area contributed by atoms with Crippen molar-refractivity contribution in [1.82, 2.24) is 10.3 Å². The summed E-state index contributed by atoms with van der Waals surface area (Å²) in [5, 5.41) is 12.6. The number of aromatic nitrogens is 1. The standard InChI is InChI=1S/C14H15FN2O2/c1-14(2,13(18)19)17-8-10-7-11(15)6-9-4-3-5-16-12(9)10/h3-7,17H,8H2,1-2H3,(H,18,19). The molecule has 1 aromatic carbocycles. The lowest BCUT2D eigenvalue weighted by molar-refractivity contribution is -0.143. The minimum absolute atomic E-state index is 0.241. The van der Waals surface area contributed by atoms with Crippen LogP contribution in [-0.4, -0.2) is 21.6 Å². The molecule has 5 heteroatoms. The van der Waals surface area contributed by atoms with Gasteiger partial charge in [-0.25, -0.2) is 4.39 Å². The molecular formula is C14H15FN2O2. The Labute approximate surface area is 110 Å². The Morgan fingerprint density at radius 3 is 2.89 bits per heavy atom. The van der Waals surface area contributed by atoms with E-state index < -0.39 is 11.5 Å². The van der Waals surface area contributed by atoms with Crippen molar-refractivity contribution in [2.75, 3.05) is 0 Å². The monoisotopic (exact) mass is 262 g/mol. The van der Waals surface area contributed by atoms with Crippen LogP contribution in [0.1, 0.15) is 19.4 Å². The molecule has 0 bridgehead atoms. The number of carboxylic acids is 1. The van der Waals surface area contributed by atoms with E-state index in [1.807, 2.05) is 0 Å². The highest BCUT2D eigenvalue weighted by Gasteiger charge is 2.26. The summed E-state index contributed by atoms with van der Waals surface area (Å²) in [5.74, 6) is -1.31. The lowest BCUT2D eigenvalue weighted by atomic mass is 10.0. The van der Waals surface area contributed by atoms with E-state index in [2.05, 4.69) is 10.3 Å². The third-order valence-electron chi connectivity index (χ3n) is 3.00. The van der Waals surface area contributed by atoms with E-state index in [0.29, 0.717) is 16.5 Å². The van der Waals surface area contributed by atoms with Crippen molar-refractivity contribution in [2.45, 2.75) is 25.9 Å². The topological polar surface area (TPSA) is 62.2 Å². The smallest absolute Gasteiger partial charge is 0.323 e. The molecule has 0 spiro atoms. The summed E-state index contributed by atoms with van der Waals surface area (Å²) in [6.07, 6.45) is 1.63. The molecule has 0 saturated carbocycles. The van der Waals surface area contributed by atoms with Gasteiger partial charge in [-0.05, 0) is 37.6 Å². The first-order chi connectivity index (χ1) is 8.90. The van der Waals surface area contributed by atoms with E-state index in [4.69, 9.17) is 5.11 Å². The van der Waals surface area contributed by atoms with Gasteiger partial charge < -0.3 is 5.11 Å². The maximum atomic E-state index is 13.5. The Balaban J connectivity index is 2.33. The molecule has 0 amide bonds. The number of hydrogen-bond acceptors (Lipinski definition) is 3. The van der Waals surface area contributed by atoms with Crippen molar-refractivity contribution in [3.05, 3.63) is 41.8 Å². The molecule has 0 saturated heterocycles. The average Bonchev–Trinajstić information content (AvgIpc) is 2.35. The van der Waals surface area contributed by atoms with Crippen LogP contribution >= 0.6 is 0 Å². The van der Waals surface area contributed by atoms with E-state index in [1.54, 1.807) is 32.2 Å². The van der Waals surface area contributed by atoms with Crippen molar-refractivity contribution >= 4 is 16.9 Å². The van der Waals surface area contributed by atoms with Crippen LogP contribution in [0.3, 0.4) is 0 Å². The van der Waals surface area contributed by atoms with Gasteiger partial charge in [-0.3, -0.25) is 15.1 Å². The zero-order valence-corrected chi connectivity index (χ0v) is 10.8. The lowest BCUT2D eigenvalue weighted by Gasteiger charge is -2.21. The Morgan fingerprint density at radius 2 is 2.21 bits per heavy atom. The summed E-state index contributed by atoms with van der Waals surface area (Å²) in [6, 6.07) is 6.30. The molecule has 0 aliphatic rings. The van der Waals surface area contributed by atoms with Crippen molar-refractivity contribution < 1.29 is 14.3 Å². The van der Waals surface area contributed by atoms with Crippen LogP contribution in [0.5, 0.6) is 0 Å². The predicted octanol–water partition coefficient (Wildman–Crippen LogP) is 2.33. The van der Waals surface area contributed by atoms with Gasteiger partial charge in [-0.1, -0.05) is 6.07 Å². The van der Waals surface area contributed by atoms with Crippen LogP contribution < -0.4 is 5.32 Å². The number of rotatable bonds is 4. The van der Waals surface area contributed by atoms with Crippen molar-refractivity contribution in [3.63, 3.8) is 0 Å². The summed E-state index contributed by atoms with van der Waals surface area (Å²) in [4.78, 5) is 15.2. The van der Waals surface area contributed by atoms with Gasteiger partial charge >= 0.3 is 5.97 Å². The van der Waals surface area contributed by atoms with Crippen LogP contribution in [-0.2, 0) is 11.3 Å². The van der Waals surface area contributed by atoms with Crippen LogP contribution in [0, 0.1) is 5.82 Å². The van der Waals surface area contributed by atoms with Gasteiger partial charge in [-0.2, -0.15) is 0 Å². The highest BCUT2D eigenvalue weighted by atomic mass is 19.1. The lowest BCUT2D eigenvalue weighted by Crippen LogP contribution is -2.46. The number of aliphatic carboxylic acids is 1. The van der Waals surface area contributed by atoms with E-state index in [9.17, 15) is 9.18 Å². The summed E-state index contributed by atoms with van der Waals surface area (Å²) < 4.78 is 13.5. The molecule has 1 heterocycles. The summed E-state index contributed by atoms with van der Waals surface area (Å²) in [6.45, 7) is 3.36. The third kappa shape index (κ3) is 2.88. The number of carboxylic acid groups (broad SMARTS) is 1. The zero-order valence-electron chi connectivity index (χ0n) is 10.8. The molecule has 0 atom stereocenters. The number of halogens is 1.